The molecular weight excluding hydrogens is 320 g/mol. The molecule has 0 spiro atoms. The van der Waals surface area contributed by atoms with Gasteiger partial charge in [-0.3, -0.25) is 14.9 Å². The van der Waals surface area contributed by atoms with E-state index in [0.29, 0.717) is 0 Å². The minimum Gasteiger partial charge on any atom is -0.317 e. The third-order valence-corrected chi connectivity index (χ3v) is 4.97. The summed E-state index contributed by atoms with van der Waals surface area (Å²) < 4.78 is 0.940. The van der Waals surface area contributed by atoms with Gasteiger partial charge in [-0.2, -0.15) is 0 Å². The zero-order valence-electron chi connectivity index (χ0n) is 11.1. The van der Waals surface area contributed by atoms with Crippen LogP contribution in [-0.2, 0) is 15.0 Å². The van der Waals surface area contributed by atoms with Crippen LogP contribution in [0.5, 0.6) is 0 Å². The third-order valence-electron chi connectivity index (χ3n) is 4.47. The van der Waals surface area contributed by atoms with E-state index in [1.54, 1.807) is 0 Å². The Morgan fingerprint density at radius 3 is 2.55 bits per heavy atom. The predicted octanol–water partition coefficient (Wildman–Crippen LogP) is 1.73. The Labute approximate surface area is 126 Å². The van der Waals surface area contributed by atoms with Gasteiger partial charge in [0.15, 0.2) is 0 Å². The van der Waals surface area contributed by atoms with Crippen molar-refractivity contribution in [1.29, 1.82) is 0 Å². The van der Waals surface area contributed by atoms with Crippen LogP contribution in [0.2, 0.25) is 0 Å². The summed E-state index contributed by atoms with van der Waals surface area (Å²) >= 11 is 3.46. The number of carbonyl (C=O) groups is 2. The molecule has 1 atom stereocenters. The average molecular weight is 337 g/mol. The summed E-state index contributed by atoms with van der Waals surface area (Å²) in [4.78, 5) is 24.4. The van der Waals surface area contributed by atoms with Gasteiger partial charge in [-0.25, -0.2) is 0 Å². The molecular formula is C15H17BrN2O2. The lowest BCUT2D eigenvalue weighted by Gasteiger charge is -2.37. The molecule has 2 heterocycles. The van der Waals surface area contributed by atoms with Gasteiger partial charge in [0.05, 0.1) is 5.41 Å². The van der Waals surface area contributed by atoms with E-state index in [9.17, 15) is 9.59 Å². The van der Waals surface area contributed by atoms with E-state index in [4.69, 9.17) is 0 Å². The summed E-state index contributed by atoms with van der Waals surface area (Å²) in [5, 5.41) is 5.83. The van der Waals surface area contributed by atoms with Crippen molar-refractivity contribution in [3.63, 3.8) is 0 Å². The molecule has 0 aromatic heterocycles. The van der Waals surface area contributed by atoms with Crippen molar-refractivity contribution in [2.24, 2.45) is 5.92 Å². The Morgan fingerprint density at radius 2 is 1.95 bits per heavy atom. The molecule has 1 unspecified atom stereocenters. The molecule has 5 heteroatoms. The number of benzene rings is 1. The van der Waals surface area contributed by atoms with Crippen molar-refractivity contribution in [2.45, 2.75) is 24.7 Å². The molecule has 1 aromatic rings. The van der Waals surface area contributed by atoms with Crippen molar-refractivity contribution in [3.05, 3.63) is 34.3 Å². The second-order valence-corrected chi connectivity index (χ2v) is 6.48. The highest BCUT2D eigenvalue weighted by atomic mass is 79.9. The highest BCUT2D eigenvalue weighted by Gasteiger charge is 2.53. The van der Waals surface area contributed by atoms with E-state index < -0.39 is 5.41 Å². The van der Waals surface area contributed by atoms with Gasteiger partial charge in [-0.15, -0.1) is 0 Å². The topological polar surface area (TPSA) is 58.2 Å². The van der Waals surface area contributed by atoms with Gasteiger partial charge in [-0.1, -0.05) is 28.1 Å². The molecule has 2 aliphatic heterocycles. The molecule has 2 N–H and O–H groups in total. The lowest BCUT2D eigenvalue weighted by atomic mass is 9.66. The first-order valence-electron chi connectivity index (χ1n) is 6.94. The molecule has 0 radical (unpaired) electrons. The SMILES string of the molecule is O=C1CC(c2cccc(Br)c2)(C2CCNCC2)C(=O)N1. The summed E-state index contributed by atoms with van der Waals surface area (Å²) in [5.41, 5.74) is 0.255. The third kappa shape index (κ3) is 2.19. The van der Waals surface area contributed by atoms with Gasteiger partial charge in [0.25, 0.3) is 0 Å². The Hall–Kier alpha value is -1.20. The Morgan fingerprint density at radius 1 is 1.20 bits per heavy atom. The van der Waals surface area contributed by atoms with Crippen LogP contribution in [-0.4, -0.2) is 24.9 Å². The molecule has 2 aliphatic rings. The van der Waals surface area contributed by atoms with Gasteiger partial charge in [0.1, 0.15) is 0 Å². The smallest absolute Gasteiger partial charge is 0.238 e. The first-order valence-corrected chi connectivity index (χ1v) is 7.73. The monoisotopic (exact) mass is 336 g/mol. The van der Waals surface area contributed by atoms with Crippen LogP contribution >= 0.6 is 15.9 Å². The molecule has 0 bridgehead atoms. The largest absolute Gasteiger partial charge is 0.317 e. The first kappa shape index (κ1) is 13.8. The lowest BCUT2D eigenvalue weighted by molar-refractivity contribution is -0.127. The highest BCUT2D eigenvalue weighted by Crippen LogP contribution is 2.43. The number of halogens is 1. The van der Waals surface area contributed by atoms with Gasteiger partial charge >= 0.3 is 0 Å². The maximum atomic E-state index is 12.6. The number of hydrogen-bond donors (Lipinski definition) is 2. The van der Waals surface area contributed by atoms with E-state index in [-0.39, 0.29) is 24.2 Å². The maximum absolute atomic E-state index is 12.6. The van der Waals surface area contributed by atoms with Gasteiger partial charge in [0, 0.05) is 10.9 Å². The molecule has 3 rings (SSSR count). The van der Waals surface area contributed by atoms with E-state index in [0.717, 1.165) is 36.0 Å². The molecule has 106 valence electrons. The Bertz CT molecular complexity index is 555. The number of nitrogens with one attached hydrogen (secondary N) is 2. The number of hydrogen-bond acceptors (Lipinski definition) is 3. The minimum atomic E-state index is -0.692. The molecule has 2 saturated heterocycles. The molecule has 0 aliphatic carbocycles. The fourth-order valence-electron chi connectivity index (χ4n) is 3.50. The van der Waals surface area contributed by atoms with Crippen LogP contribution < -0.4 is 10.6 Å². The fourth-order valence-corrected chi connectivity index (χ4v) is 3.89. The summed E-state index contributed by atoms with van der Waals surface area (Å²) in [7, 11) is 0. The minimum absolute atomic E-state index is 0.132. The van der Waals surface area contributed by atoms with Crippen LogP contribution in [0.1, 0.15) is 24.8 Å². The number of piperidine rings is 1. The van der Waals surface area contributed by atoms with Gasteiger partial charge < -0.3 is 5.32 Å². The fraction of sp³-hybridized carbons (Fsp3) is 0.467. The van der Waals surface area contributed by atoms with Crippen molar-refractivity contribution in [1.82, 2.24) is 10.6 Å². The zero-order chi connectivity index (χ0) is 14.2. The van der Waals surface area contributed by atoms with Gasteiger partial charge in [-0.05, 0) is 49.5 Å². The summed E-state index contributed by atoms with van der Waals surface area (Å²) in [6.07, 6.45) is 2.12. The number of imide groups is 1. The van der Waals surface area contributed by atoms with Crippen LogP contribution in [0, 0.1) is 5.92 Å². The molecule has 4 nitrogen and oxygen atoms in total. The van der Waals surface area contributed by atoms with E-state index in [1.165, 1.54) is 0 Å². The highest BCUT2D eigenvalue weighted by molar-refractivity contribution is 9.10. The molecule has 1 aromatic carbocycles. The van der Waals surface area contributed by atoms with Crippen LogP contribution in [0.25, 0.3) is 0 Å². The number of rotatable bonds is 2. The quantitative estimate of drug-likeness (QED) is 0.808. The van der Waals surface area contributed by atoms with E-state index in [2.05, 4.69) is 26.6 Å². The van der Waals surface area contributed by atoms with Crippen molar-refractivity contribution >= 4 is 27.7 Å². The molecule has 0 saturated carbocycles. The Balaban J connectivity index is 2.08. The van der Waals surface area contributed by atoms with Crippen LogP contribution in [0.3, 0.4) is 0 Å². The second-order valence-electron chi connectivity index (χ2n) is 5.56. The van der Waals surface area contributed by atoms with Crippen LogP contribution in [0.4, 0.5) is 0 Å². The van der Waals surface area contributed by atoms with Crippen molar-refractivity contribution in [3.8, 4) is 0 Å². The van der Waals surface area contributed by atoms with Crippen LogP contribution in [0.15, 0.2) is 28.7 Å². The van der Waals surface area contributed by atoms with Crippen molar-refractivity contribution in [2.75, 3.05) is 13.1 Å². The second kappa shape index (κ2) is 5.30. The average Bonchev–Trinajstić information content (AvgIpc) is 2.75. The first-order chi connectivity index (χ1) is 9.63. The standard InChI is InChI=1S/C15H17BrN2O2/c16-12-3-1-2-11(8-12)15(9-13(19)18-14(15)20)10-4-6-17-7-5-10/h1-3,8,10,17H,4-7,9H2,(H,18,19,20). The summed E-state index contributed by atoms with van der Waals surface area (Å²) in [6.45, 7) is 1.81. The molecule has 2 amide bonds. The van der Waals surface area contributed by atoms with Crippen molar-refractivity contribution < 1.29 is 9.59 Å². The molecule has 2 fully saturated rings. The lowest BCUT2D eigenvalue weighted by Crippen LogP contribution is -2.46. The number of amides is 2. The maximum Gasteiger partial charge on any atom is 0.238 e. The summed E-state index contributed by atoms with van der Waals surface area (Å²) in [6, 6.07) is 7.80. The summed E-state index contributed by atoms with van der Waals surface area (Å²) in [5.74, 6) is -0.0782. The Kier molecular flexibility index (Phi) is 3.65. The number of carbonyl (C=O) groups excluding carboxylic acids is 2. The normalized spacial score (nSPS) is 27.6. The molecule has 20 heavy (non-hydrogen) atoms. The van der Waals surface area contributed by atoms with E-state index >= 15 is 0 Å². The zero-order valence-corrected chi connectivity index (χ0v) is 12.7. The predicted molar refractivity (Wildman–Crippen MR) is 79.2 cm³/mol. The van der Waals surface area contributed by atoms with E-state index in [1.807, 2.05) is 24.3 Å². The van der Waals surface area contributed by atoms with Gasteiger partial charge in [0.2, 0.25) is 11.8 Å².